The number of ether oxygens (including phenoxy) is 1. The fraction of sp³-hybridized carbons (Fsp3) is 0.524. The molecule has 24 heavy (non-hydrogen) atoms. The van der Waals surface area contributed by atoms with Crippen LogP contribution in [0.3, 0.4) is 0 Å². The molecule has 2 saturated heterocycles. The molecule has 2 fully saturated rings. The number of rotatable bonds is 3. The van der Waals surface area contributed by atoms with Crippen molar-refractivity contribution in [3.05, 3.63) is 58.9 Å². The van der Waals surface area contributed by atoms with Gasteiger partial charge in [-0.25, -0.2) is 0 Å². The van der Waals surface area contributed by atoms with Gasteiger partial charge < -0.3 is 10.5 Å². The van der Waals surface area contributed by atoms with Crippen LogP contribution in [0.5, 0.6) is 0 Å². The van der Waals surface area contributed by atoms with Gasteiger partial charge in [-0.15, -0.1) is 0 Å². The molecule has 1 aromatic carbocycles. The number of likely N-dealkylation sites (tertiary alicyclic amines) is 1. The molecule has 0 aromatic heterocycles. The van der Waals surface area contributed by atoms with Crippen LogP contribution in [-0.2, 0) is 11.3 Å². The molecule has 3 nitrogen and oxygen atoms in total. The van der Waals surface area contributed by atoms with E-state index in [-0.39, 0.29) is 0 Å². The van der Waals surface area contributed by atoms with Gasteiger partial charge in [-0.05, 0) is 68.0 Å². The standard InChI is InChI=1S/C21H28N2O/c22-20-9-11-23(12-10-20)14-16-5-7-17(8-6-16)19-13-18-3-1-2-4-21(18)24-15-19/h3-8,19-20H,1-2,9-15,22H2. The molecule has 3 aliphatic rings. The second kappa shape index (κ2) is 7.12. The van der Waals surface area contributed by atoms with Gasteiger partial charge in [0.25, 0.3) is 0 Å². The van der Waals surface area contributed by atoms with Crippen molar-refractivity contribution in [1.82, 2.24) is 4.90 Å². The second-order valence-electron chi connectivity index (χ2n) is 7.44. The number of fused-ring (bicyclic) bond motifs is 1. The predicted molar refractivity (Wildman–Crippen MR) is 97.6 cm³/mol. The third-order valence-corrected chi connectivity index (χ3v) is 5.60. The van der Waals surface area contributed by atoms with Crippen LogP contribution in [0, 0.1) is 0 Å². The van der Waals surface area contributed by atoms with E-state index in [4.69, 9.17) is 10.5 Å². The largest absolute Gasteiger partial charge is 0.493 e. The molecule has 0 saturated carbocycles. The number of piperidine rings is 1. The summed E-state index contributed by atoms with van der Waals surface area (Å²) in [5, 5.41) is 0. The van der Waals surface area contributed by atoms with Gasteiger partial charge in [-0.1, -0.05) is 30.3 Å². The Morgan fingerprint density at radius 1 is 1.04 bits per heavy atom. The van der Waals surface area contributed by atoms with Crippen molar-refractivity contribution in [3.63, 3.8) is 0 Å². The molecule has 2 N–H and O–H groups in total. The smallest absolute Gasteiger partial charge is 0.118 e. The molecule has 0 spiro atoms. The Kier molecular flexibility index (Phi) is 4.72. The van der Waals surface area contributed by atoms with E-state index in [2.05, 4.69) is 41.3 Å². The Morgan fingerprint density at radius 2 is 1.79 bits per heavy atom. The summed E-state index contributed by atoms with van der Waals surface area (Å²) < 4.78 is 5.98. The molecule has 2 heterocycles. The Balaban J connectivity index is 1.37. The van der Waals surface area contributed by atoms with E-state index in [0.29, 0.717) is 12.0 Å². The summed E-state index contributed by atoms with van der Waals surface area (Å²) in [5.41, 5.74) is 10.2. The van der Waals surface area contributed by atoms with Gasteiger partial charge >= 0.3 is 0 Å². The van der Waals surface area contributed by atoms with Crippen molar-refractivity contribution in [2.45, 2.75) is 50.6 Å². The van der Waals surface area contributed by atoms with Crippen LogP contribution in [0.4, 0.5) is 0 Å². The maximum atomic E-state index is 5.99. The first-order valence-electron chi connectivity index (χ1n) is 9.37. The molecule has 1 aromatic rings. The third kappa shape index (κ3) is 3.57. The summed E-state index contributed by atoms with van der Waals surface area (Å²) in [4.78, 5) is 2.52. The molecule has 1 unspecified atom stereocenters. The maximum Gasteiger partial charge on any atom is 0.118 e. The van der Waals surface area contributed by atoms with Crippen molar-refractivity contribution < 1.29 is 4.74 Å². The van der Waals surface area contributed by atoms with Gasteiger partial charge in [0.2, 0.25) is 0 Å². The molecule has 4 rings (SSSR count). The minimum absolute atomic E-state index is 0.406. The normalized spacial score (nSPS) is 25.5. The Bertz CT molecular complexity index is 624. The first-order chi connectivity index (χ1) is 11.8. The lowest BCUT2D eigenvalue weighted by Crippen LogP contribution is -2.39. The number of nitrogens with two attached hydrogens (primary N) is 1. The zero-order valence-corrected chi connectivity index (χ0v) is 14.4. The minimum atomic E-state index is 0.406. The first-order valence-corrected chi connectivity index (χ1v) is 9.37. The molecule has 128 valence electrons. The summed E-state index contributed by atoms with van der Waals surface area (Å²) >= 11 is 0. The van der Waals surface area contributed by atoms with Gasteiger partial charge in [0, 0.05) is 18.5 Å². The van der Waals surface area contributed by atoms with Crippen molar-refractivity contribution in [2.24, 2.45) is 5.73 Å². The van der Waals surface area contributed by atoms with Crippen LogP contribution in [0.15, 0.2) is 47.7 Å². The average Bonchev–Trinajstić information content (AvgIpc) is 2.64. The van der Waals surface area contributed by atoms with Crippen LogP contribution >= 0.6 is 0 Å². The van der Waals surface area contributed by atoms with E-state index in [1.165, 1.54) is 16.7 Å². The van der Waals surface area contributed by atoms with Crippen molar-refractivity contribution in [3.8, 4) is 0 Å². The van der Waals surface area contributed by atoms with Gasteiger partial charge in [0.1, 0.15) is 5.76 Å². The highest BCUT2D eigenvalue weighted by atomic mass is 16.5. The lowest BCUT2D eigenvalue weighted by Gasteiger charge is -2.31. The lowest BCUT2D eigenvalue weighted by atomic mass is 9.87. The molecule has 0 radical (unpaired) electrons. The molecule has 2 aliphatic heterocycles. The zero-order valence-electron chi connectivity index (χ0n) is 14.4. The lowest BCUT2D eigenvalue weighted by molar-refractivity contribution is 0.171. The van der Waals surface area contributed by atoms with E-state index in [0.717, 1.165) is 64.1 Å². The predicted octanol–water partition coefficient (Wildman–Crippen LogP) is 3.72. The minimum Gasteiger partial charge on any atom is -0.493 e. The van der Waals surface area contributed by atoms with Crippen LogP contribution in [-0.4, -0.2) is 30.6 Å². The van der Waals surface area contributed by atoms with Crippen LogP contribution in [0.25, 0.3) is 0 Å². The fourth-order valence-corrected chi connectivity index (χ4v) is 4.03. The van der Waals surface area contributed by atoms with Gasteiger partial charge in [-0.3, -0.25) is 4.90 Å². The zero-order chi connectivity index (χ0) is 16.4. The molecule has 1 atom stereocenters. The molecular formula is C21H28N2O. The molecule has 3 heteroatoms. The number of allylic oxidation sites excluding steroid dienone is 3. The second-order valence-corrected chi connectivity index (χ2v) is 7.44. The number of hydrogen-bond acceptors (Lipinski definition) is 3. The summed E-state index contributed by atoms with van der Waals surface area (Å²) in [7, 11) is 0. The fourth-order valence-electron chi connectivity index (χ4n) is 4.03. The summed E-state index contributed by atoms with van der Waals surface area (Å²) in [6.45, 7) is 4.12. The Hall–Kier alpha value is -1.58. The highest BCUT2D eigenvalue weighted by Gasteiger charge is 2.24. The summed E-state index contributed by atoms with van der Waals surface area (Å²) in [6, 6.07) is 9.60. The summed E-state index contributed by atoms with van der Waals surface area (Å²) in [5.74, 6) is 1.63. The maximum absolute atomic E-state index is 5.99. The van der Waals surface area contributed by atoms with E-state index in [1.54, 1.807) is 0 Å². The van der Waals surface area contributed by atoms with Crippen LogP contribution in [0.1, 0.15) is 49.1 Å². The molecular weight excluding hydrogens is 296 g/mol. The van der Waals surface area contributed by atoms with Crippen molar-refractivity contribution in [2.75, 3.05) is 19.7 Å². The van der Waals surface area contributed by atoms with E-state index < -0.39 is 0 Å². The monoisotopic (exact) mass is 324 g/mol. The molecule has 0 amide bonds. The number of hydrogen-bond donors (Lipinski definition) is 1. The summed E-state index contributed by atoms with van der Waals surface area (Å²) in [6.07, 6.45) is 10.3. The van der Waals surface area contributed by atoms with Crippen molar-refractivity contribution in [1.29, 1.82) is 0 Å². The van der Waals surface area contributed by atoms with Crippen molar-refractivity contribution >= 4 is 0 Å². The SMILES string of the molecule is NC1CCN(Cc2ccc(C3COC4=CCCC=C4C3)cc2)CC1. The van der Waals surface area contributed by atoms with E-state index >= 15 is 0 Å². The van der Waals surface area contributed by atoms with Gasteiger partial charge in [0.05, 0.1) is 6.61 Å². The number of nitrogens with zero attached hydrogens (tertiary/aromatic N) is 1. The molecule has 1 aliphatic carbocycles. The number of benzene rings is 1. The quantitative estimate of drug-likeness (QED) is 0.921. The topological polar surface area (TPSA) is 38.5 Å². The first kappa shape index (κ1) is 15.9. The Labute approximate surface area is 145 Å². The van der Waals surface area contributed by atoms with Crippen LogP contribution < -0.4 is 5.73 Å². The molecule has 0 bridgehead atoms. The van der Waals surface area contributed by atoms with Gasteiger partial charge in [-0.2, -0.15) is 0 Å². The highest BCUT2D eigenvalue weighted by molar-refractivity contribution is 5.35. The average molecular weight is 324 g/mol. The van der Waals surface area contributed by atoms with Gasteiger partial charge in [0.15, 0.2) is 0 Å². The third-order valence-electron chi connectivity index (χ3n) is 5.60. The Morgan fingerprint density at radius 3 is 2.58 bits per heavy atom. The van der Waals surface area contributed by atoms with E-state index in [9.17, 15) is 0 Å². The van der Waals surface area contributed by atoms with E-state index in [1.807, 2.05) is 0 Å². The van der Waals surface area contributed by atoms with Crippen LogP contribution in [0.2, 0.25) is 0 Å². The highest BCUT2D eigenvalue weighted by Crippen LogP contribution is 2.36.